The van der Waals surface area contributed by atoms with Gasteiger partial charge in [0.05, 0.1) is 12.2 Å². The van der Waals surface area contributed by atoms with Crippen LogP contribution in [0.5, 0.6) is 0 Å². The molecule has 2 rings (SSSR count). The van der Waals surface area contributed by atoms with Crippen molar-refractivity contribution in [2.45, 2.75) is 13.5 Å². The van der Waals surface area contributed by atoms with Crippen molar-refractivity contribution in [1.82, 2.24) is 15.0 Å². The lowest BCUT2D eigenvalue weighted by Crippen LogP contribution is -2.07. The number of aromatic nitrogens is 3. The molecule has 0 saturated carbocycles. The van der Waals surface area contributed by atoms with Crippen LogP contribution in [-0.2, 0) is 6.54 Å². The van der Waals surface area contributed by atoms with Crippen LogP contribution in [0.4, 0.5) is 4.39 Å². The van der Waals surface area contributed by atoms with Gasteiger partial charge in [-0.05, 0) is 19.1 Å². The van der Waals surface area contributed by atoms with E-state index in [4.69, 9.17) is 16.7 Å². The van der Waals surface area contributed by atoms with E-state index in [1.807, 2.05) is 0 Å². The number of rotatable bonds is 3. The molecule has 0 aliphatic rings. The lowest BCUT2D eigenvalue weighted by molar-refractivity contribution is 0.0689. The second-order valence-corrected chi connectivity index (χ2v) is 4.09. The molecule has 0 fully saturated rings. The molecule has 1 N–H and O–H groups in total. The predicted octanol–water partition coefficient (Wildman–Crippen LogP) is 2.13. The fraction of sp³-hybridized carbons (Fsp3) is 0.182. The molecule has 0 saturated heterocycles. The van der Waals surface area contributed by atoms with Crippen molar-refractivity contribution in [3.8, 4) is 0 Å². The molecule has 5 nitrogen and oxygen atoms in total. The molecule has 0 unspecified atom stereocenters. The second-order valence-electron chi connectivity index (χ2n) is 3.69. The van der Waals surface area contributed by atoms with Crippen LogP contribution < -0.4 is 0 Å². The number of benzene rings is 1. The SMILES string of the molecule is Cc1c(C(=O)O)nnn1Cc1c(F)cccc1Cl. The Hall–Kier alpha value is -1.95. The minimum absolute atomic E-state index is 0.0393. The highest BCUT2D eigenvalue weighted by Crippen LogP contribution is 2.20. The maximum atomic E-state index is 13.6. The average Bonchev–Trinajstić information content (AvgIpc) is 2.66. The van der Waals surface area contributed by atoms with Gasteiger partial charge in [0, 0.05) is 10.6 Å². The summed E-state index contributed by atoms with van der Waals surface area (Å²) in [5.74, 6) is -1.63. The topological polar surface area (TPSA) is 68.0 Å². The summed E-state index contributed by atoms with van der Waals surface area (Å²) in [7, 11) is 0. The van der Waals surface area contributed by atoms with E-state index >= 15 is 0 Å². The molecular formula is C11H9ClFN3O2. The first kappa shape index (κ1) is 12.5. The summed E-state index contributed by atoms with van der Waals surface area (Å²) in [5, 5.41) is 16.3. The first-order valence-electron chi connectivity index (χ1n) is 5.07. The molecule has 0 aliphatic carbocycles. The maximum Gasteiger partial charge on any atom is 0.358 e. The van der Waals surface area contributed by atoms with E-state index in [0.29, 0.717) is 5.69 Å². The quantitative estimate of drug-likeness (QED) is 0.927. The molecular weight excluding hydrogens is 261 g/mol. The van der Waals surface area contributed by atoms with E-state index in [9.17, 15) is 9.18 Å². The van der Waals surface area contributed by atoms with Gasteiger partial charge < -0.3 is 5.11 Å². The third-order valence-corrected chi connectivity index (χ3v) is 2.91. The van der Waals surface area contributed by atoms with Gasteiger partial charge in [0.2, 0.25) is 0 Å². The van der Waals surface area contributed by atoms with Crippen molar-refractivity contribution in [2.75, 3.05) is 0 Å². The molecule has 1 aromatic carbocycles. The van der Waals surface area contributed by atoms with Crippen molar-refractivity contribution in [3.05, 3.63) is 46.0 Å². The number of carboxylic acid groups (broad SMARTS) is 1. The molecule has 1 heterocycles. The van der Waals surface area contributed by atoms with Gasteiger partial charge in [-0.2, -0.15) is 0 Å². The molecule has 7 heteroatoms. The van der Waals surface area contributed by atoms with Gasteiger partial charge in [-0.25, -0.2) is 13.9 Å². The zero-order valence-electron chi connectivity index (χ0n) is 9.39. The third kappa shape index (κ3) is 2.19. The molecule has 0 atom stereocenters. The minimum Gasteiger partial charge on any atom is -0.476 e. The Morgan fingerprint density at radius 2 is 2.28 bits per heavy atom. The number of nitrogens with zero attached hydrogens (tertiary/aromatic N) is 3. The van der Waals surface area contributed by atoms with Crippen LogP contribution in [0.1, 0.15) is 21.7 Å². The number of aromatic carboxylic acids is 1. The maximum absolute atomic E-state index is 13.6. The average molecular weight is 270 g/mol. The highest BCUT2D eigenvalue weighted by atomic mass is 35.5. The molecule has 0 aliphatic heterocycles. The monoisotopic (exact) mass is 269 g/mol. The van der Waals surface area contributed by atoms with E-state index in [0.717, 1.165) is 0 Å². The van der Waals surface area contributed by atoms with Crippen LogP contribution in [0.3, 0.4) is 0 Å². The summed E-state index contributed by atoms with van der Waals surface area (Å²) in [6, 6.07) is 4.34. The van der Waals surface area contributed by atoms with E-state index < -0.39 is 11.8 Å². The van der Waals surface area contributed by atoms with Crippen LogP contribution in [0.2, 0.25) is 5.02 Å². The summed E-state index contributed by atoms with van der Waals surface area (Å²) >= 11 is 5.88. The largest absolute Gasteiger partial charge is 0.476 e. The summed E-state index contributed by atoms with van der Waals surface area (Å²) in [6.45, 7) is 1.59. The molecule has 0 radical (unpaired) electrons. The van der Waals surface area contributed by atoms with Crippen LogP contribution in [0.25, 0.3) is 0 Å². The van der Waals surface area contributed by atoms with Gasteiger partial charge in [-0.1, -0.05) is 22.9 Å². The number of carbonyl (C=O) groups is 1. The van der Waals surface area contributed by atoms with E-state index in [1.165, 1.54) is 16.8 Å². The van der Waals surface area contributed by atoms with Gasteiger partial charge in [0.25, 0.3) is 0 Å². The predicted molar refractivity (Wildman–Crippen MR) is 62.2 cm³/mol. The Morgan fingerprint density at radius 1 is 1.56 bits per heavy atom. The van der Waals surface area contributed by atoms with Crippen LogP contribution in [0.15, 0.2) is 18.2 Å². The first-order valence-corrected chi connectivity index (χ1v) is 5.44. The van der Waals surface area contributed by atoms with Gasteiger partial charge in [0.1, 0.15) is 5.82 Å². The highest BCUT2D eigenvalue weighted by molar-refractivity contribution is 6.31. The zero-order valence-corrected chi connectivity index (χ0v) is 10.1. The normalized spacial score (nSPS) is 10.6. The van der Waals surface area contributed by atoms with E-state index in [2.05, 4.69) is 10.3 Å². The van der Waals surface area contributed by atoms with Crippen LogP contribution in [0, 0.1) is 12.7 Å². The van der Waals surface area contributed by atoms with Gasteiger partial charge in [-0.3, -0.25) is 0 Å². The lowest BCUT2D eigenvalue weighted by atomic mass is 10.2. The van der Waals surface area contributed by atoms with Crippen LogP contribution in [-0.4, -0.2) is 26.1 Å². The van der Waals surface area contributed by atoms with Crippen molar-refractivity contribution in [2.24, 2.45) is 0 Å². The molecule has 0 bridgehead atoms. The molecule has 1 aromatic heterocycles. The zero-order chi connectivity index (χ0) is 13.3. The van der Waals surface area contributed by atoms with E-state index in [-0.39, 0.29) is 22.8 Å². The highest BCUT2D eigenvalue weighted by Gasteiger charge is 2.17. The van der Waals surface area contributed by atoms with Crippen molar-refractivity contribution in [3.63, 3.8) is 0 Å². The Labute approximate surface area is 107 Å². The summed E-state index contributed by atoms with van der Waals surface area (Å²) < 4.78 is 14.9. The number of hydrogen-bond acceptors (Lipinski definition) is 3. The van der Waals surface area contributed by atoms with Gasteiger partial charge >= 0.3 is 5.97 Å². The Kier molecular flexibility index (Phi) is 3.29. The Bertz CT molecular complexity index is 592. The van der Waals surface area contributed by atoms with Crippen molar-refractivity contribution < 1.29 is 14.3 Å². The summed E-state index contributed by atoms with van der Waals surface area (Å²) in [6.07, 6.45) is 0. The van der Waals surface area contributed by atoms with Crippen molar-refractivity contribution >= 4 is 17.6 Å². The number of halogens is 2. The standard InChI is InChI=1S/C11H9ClFN3O2/c1-6-10(11(17)18)14-15-16(6)5-7-8(12)3-2-4-9(7)13/h2-4H,5H2,1H3,(H,17,18). The number of hydrogen-bond donors (Lipinski definition) is 1. The lowest BCUT2D eigenvalue weighted by Gasteiger charge is -2.06. The summed E-state index contributed by atoms with van der Waals surface area (Å²) in [4.78, 5) is 10.8. The molecule has 0 spiro atoms. The Balaban J connectivity index is 2.38. The fourth-order valence-corrected chi connectivity index (χ4v) is 1.76. The fourth-order valence-electron chi connectivity index (χ4n) is 1.54. The molecule has 18 heavy (non-hydrogen) atoms. The van der Waals surface area contributed by atoms with Crippen molar-refractivity contribution in [1.29, 1.82) is 0 Å². The van der Waals surface area contributed by atoms with Crippen LogP contribution >= 0.6 is 11.6 Å². The third-order valence-electron chi connectivity index (χ3n) is 2.55. The van der Waals surface area contributed by atoms with E-state index in [1.54, 1.807) is 13.0 Å². The summed E-state index contributed by atoms with van der Waals surface area (Å²) in [5.41, 5.74) is 0.452. The second kappa shape index (κ2) is 4.73. The van der Waals surface area contributed by atoms with Gasteiger partial charge in [-0.15, -0.1) is 5.10 Å². The van der Waals surface area contributed by atoms with Gasteiger partial charge in [0.15, 0.2) is 5.69 Å². The smallest absolute Gasteiger partial charge is 0.358 e. The number of carboxylic acids is 1. The first-order chi connectivity index (χ1) is 8.50. The molecule has 94 valence electrons. The minimum atomic E-state index is -1.17. The Morgan fingerprint density at radius 3 is 2.83 bits per heavy atom. The molecule has 0 amide bonds. The molecule has 2 aromatic rings.